The van der Waals surface area contributed by atoms with E-state index in [2.05, 4.69) is 19.8 Å². The summed E-state index contributed by atoms with van der Waals surface area (Å²) in [7, 11) is -3.81. The van der Waals surface area contributed by atoms with Gasteiger partial charge >= 0.3 is 6.36 Å². The van der Waals surface area contributed by atoms with Gasteiger partial charge in [-0.05, 0) is 43.3 Å². The van der Waals surface area contributed by atoms with Crippen LogP contribution in [-0.2, 0) is 21.2 Å². The lowest BCUT2D eigenvalue weighted by Gasteiger charge is -2.09. The van der Waals surface area contributed by atoms with Crippen LogP contribution in [0.2, 0.25) is 0 Å². The van der Waals surface area contributed by atoms with Crippen molar-refractivity contribution in [3.05, 3.63) is 65.2 Å². The Labute approximate surface area is 179 Å². The quantitative estimate of drug-likeness (QED) is 0.535. The van der Waals surface area contributed by atoms with Crippen LogP contribution in [0.4, 0.5) is 24.0 Å². The highest BCUT2D eigenvalue weighted by Crippen LogP contribution is 2.24. The highest BCUT2D eigenvalue weighted by molar-refractivity contribution is 7.93. The number of aromatic nitrogens is 1. The van der Waals surface area contributed by atoms with Crippen LogP contribution in [0.5, 0.6) is 5.75 Å². The Morgan fingerprint density at radius 2 is 1.74 bits per heavy atom. The number of nitrogens with zero attached hydrogens (tertiary/aromatic N) is 1. The Morgan fingerprint density at radius 3 is 2.35 bits per heavy atom. The summed E-state index contributed by atoms with van der Waals surface area (Å²) in [5, 5.41) is 4.16. The van der Waals surface area contributed by atoms with E-state index < -0.39 is 28.0 Å². The molecule has 7 nitrogen and oxygen atoms in total. The van der Waals surface area contributed by atoms with Crippen molar-refractivity contribution in [3.63, 3.8) is 0 Å². The molecule has 0 aliphatic heterocycles. The normalized spacial score (nSPS) is 11.7. The van der Waals surface area contributed by atoms with Gasteiger partial charge in [0, 0.05) is 11.1 Å². The molecule has 0 unspecified atom stereocenters. The van der Waals surface area contributed by atoms with Gasteiger partial charge in [-0.3, -0.25) is 9.52 Å². The molecule has 0 aliphatic carbocycles. The van der Waals surface area contributed by atoms with Crippen LogP contribution >= 0.6 is 11.3 Å². The van der Waals surface area contributed by atoms with Gasteiger partial charge in [-0.25, -0.2) is 13.4 Å². The molecule has 1 heterocycles. The second kappa shape index (κ2) is 8.94. The Kier molecular flexibility index (Phi) is 6.51. The molecule has 1 amide bonds. The maximum atomic E-state index is 12.4. The standard InChI is InChI=1S/C19H16F3N3O4S2/c1-12-2-8-16(9-3-12)31(27,28)25-18-24-14(11-30-18)10-17(26)23-13-4-6-15(7-5-13)29-19(20,21)22/h2-9,11H,10H2,1H3,(H,23,26)(H,24,25). The summed E-state index contributed by atoms with van der Waals surface area (Å²) in [6.07, 6.45) is -4.95. The van der Waals surface area contributed by atoms with Crippen molar-refractivity contribution >= 4 is 38.1 Å². The van der Waals surface area contributed by atoms with E-state index in [0.29, 0.717) is 5.69 Å². The number of alkyl halides is 3. The number of halogens is 3. The summed E-state index contributed by atoms with van der Waals surface area (Å²) in [4.78, 5) is 16.3. The van der Waals surface area contributed by atoms with Gasteiger partial charge in [0.15, 0.2) is 5.13 Å². The summed E-state index contributed by atoms with van der Waals surface area (Å²) < 4.78 is 67.4. The second-order valence-electron chi connectivity index (χ2n) is 6.36. The minimum absolute atomic E-state index is 0.0885. The van der Waals surface area contributed by atoms with Crippen molar-refractivity contribution in [2.45, 2.75) is 24.6 Å². The van der Waals surface area contributed by atoms with Crippen molar-refractivity contribution in [3.8, 4) is 5.75 Å². The first kappa shape index (κ1) is 22.6. The topological polar surface area (TPSA) is 97.4 Å². The van der Waals surface area contributed by atoms with Gasteiger partial charge in [-0.15, -0.1) is 24.5 Å². The molecule has 0 atom stereocenters. The minimum atomic E-state index is -4.80. The number of hydrogen-bond donors (Lipinski definition) is 2. The van der Waals surface area contributed by atoms with Crippen molar-refractivity contribution in [1.82, 2.24) is 4.98 Å². The molecule has 2 N–H and O–H groups in total. The number of anilines is 2. The molecule has 0 aliphatic rings. The second-order valence-corrected chi connectivity index (χ2v) is 8.90. The fourth-order valence-electron chi connectivity index (χ4n) is 2.44. The predicted octanol–water partition coefficient (Wildman–Crippen LogP) is 4.33. The molecule has 3 aromatic rings. The van der Waals surface area contributed by atoms with Crippen molar-refractivity contribution in [2.24, 2.45) is 0 Å². The molecular formula is C19H16F3N3O4S2. The molecule has 0 bridgehead atoms. The minimum Gasteiger partial charge on any atom is -0.406 e. The number of ether oxygens (including phenoxy) is 1. The smallest absolute Gasteiger partial charge is 0.406 e. The zero-order chi connectivity index (χ0) is 22.6. The first-order chi connectivity index (χ1) is 14.5. The van der Waals surface area contributed by atoms with Crippen LogP contribution in [0.15, 0.2) is 58.8 Å². The van der Waals surface area contributed by atoms with E-state index in [4.69, 9.17) is 0 Å². The van der Waals surface area contributed by atoms with Gasteiger partial charge in [-0.1, -0.05) is 17.7 Å². The molecule has 0 saturated carbocycles. The molecule has 0 radical (unpaired) electrons. The first-order valence-electron chi connectivity index (χ1n) is 8.70. The average Bonchev–Trinajstić information content (AvgIpc) is 3.08. The summed E-state index contributed by atoms with van der Waals surface area (Å²) >= 11 is 1.03. The van der Waals surface area contributed by atoms with Crippen LogP contribution < -0.4 is 14.8 Å². The molecule has 1 aromatic heterocycles. The Hall–Kier alpha value is -3.12. The summed E-state index contributed by atoms with van der Waals surface area (Å²) in [6, 6.07) is 11.0. The number of rotatable bonds is 7. The van der Waals surface area contributed by atoms with Crippen molar-refractivity contribution in [2.75, 3.05) is 10.0 Å². The van der Waals surface area contributed by atoms with Crippen LogP contribution in [0.3, 0.4) is 0 Å². The maximum absolute atomic E-state index is 12.4. The van der Waals surface area contributed by atoms with Gasteiger partial charge < -0.3 is 10.1 Å². The van der Waals surface area contributed by atoms with Crippen LogP contribution in [-0.4, -0.2) is 25.7 Å². The van der Waals surface area contributed by atoms with Gasteiger partial charge in [0.2, 0.25) is 5.91 Å². The summed E-state index contributed by atoms with van der Waals surface area (Å²) in [6.45, 7) is 1.84. The van der Waals surface area contributed by atoms with Crippen molar-refractivity contribution < 1.29 is 31.1 Å². The molecule has 2 aromatic carbocycles. The summed E-state index contributed by atoms with van der Waals surface area (Å²) in [5.74, 6) is -0.877. The van der Waals surface area contributed by atoms with Gasteiger partial charge in [-0.2, -0.15) is 0 Å². The van der Waals surface area contributed by atoms with E-state index in [-0.39, 0.29) is 22.1 Å². The number of thiazole rings is 1. The monoisotopic (exact) mass is 471 g/mol. The largest absolute Gasteiger partial charge is 0.573 e. The van der Waals surface area contributed by atoms with E-state index >= 15 is 0 Å². The fourth-order valence-corrected chi connectivity index (χ4v) is 4.40. The molecule has 31 heavy (non-hydrogen) atoms. The Balaban J connectivity index is 1.58. The number of amides is 1. The van der Waals surface area contributed by atoms with E-state index in [1.165, 1.54) is 29.6 Å². The third-order valence-electron chi connectivity index (χ3n) is 3.82. The van der Waals surface area contributed by atoms with E-state index in [1.54, 1.807) is 12.1 Å². The molecule has 0 fully saturated rings. The predicted molar refractivity (Wildman–Crippen MR) is 110 cm³/mol. The molecule has 3 rings (SSSR count). The number of aryl methyl sites for hydroxylation is 1. The lowest BCUT2D eigenvalue weighted by Crippen LogP contribution is -2.17. The number of carbonyl (C=O) groups excluding carboxylic acids is 1. The highest BCUT2D eigenvalue weighted by atomic mass is 32.2. The zero-order valence-corrected chi connectivity index (χ0v) is 17.6. The maximum Gasteiger partial charge on any atom is 0.573 e. The Bertz CT molecular complexity index is 1160. The molecule has 0 saturated heterocycles. The lowest BCUT2D eigenvalue weighted by atomic mass is 10.2. The molecular weight excluding hydrogens is 455 g/mol. The number of sulfonamides is 1. The van der Waals surface area contributed by atoms with Gasteiger partial charge in [0.25, 0.3) is 10.0 Å². The average molecular weight is 471 g/mol. The zero-order valence-electron chi connectivity index (χ0n) is 15.9. The SMILES string of the molecule is Cc1ccc(S(=O)(=O)Nc2nc(CC(=O)Nc3ccc(OC(F)(F)F)cc3)cs2)cc1. The van der Waals surface area contributed by atoms with Gasteiger partial charge in [0.1, 0.15) is 5.75 Å². The van der Waals surface area contributed by atoms with Gasteiger partial charge in [0.05, 0.1) is 17.0 Å². The third-order valence-corrected chi connectivity index (χ3v) is 6.11. The van der Waals surface area contributed by atoms with E-state index in [0.717, 1.165) is 29.0 Å². The van der Waals surface area contributed by atoms with E-state index in [1.807, 2.05) is 6.92 Å². The number of carbonyl (C=O) groups is 1. The molecule has 12 heteroatoms. The first-order valence-corrected chi connectivity index (χ1v) is 11.1. The third kappa shape index (κ3) is 6.69. The fraction of sp³-hybridized carbons (Fsp3) is 0.158. The Morgan fingerprint density at radius 1 is 1.10 bits per heavy atom. The molecule has 0 spiro atoms. The van der Waals surface area contributed by atoms with E-state index in [9.17, 15) is 26.4 Å². The van der Waals surface area contributed by atoms with Crippen molar-refractivity contribution in [1.29, 1.82) is 0 Å². The lowest BCUT2D eigenvalue weighted by molar-refractivity contribution is -0.274. The number of nitrogens with one attached hydrogen (secondary N) is 2. The highest BCUT2D eigenvalue weighted by Gasteiger charge is 2.31. The summed E-state index contributed by atoms with van der Waals surface area (Å²) in [5.41, 5.74) is 1.53. The van der Waals surface area contributed by atoms with Crippen LogP contribution in [0.1, 0.15) is 11.3 Å². The molecule has 164 valence electrons. The van der Waals surface area contributed by atoms with Crippen LogP contribution in [0, 0.1) is 6.92 Å². The van der Waals surface area contributed by atoms with Crippen LogP contribution in [0.25, 0.3) is 0 Å². The number of benzene rings is 2. The number of hydrogen-bond acceptors (Lipinski definition) is 6.